The van der Waals surface area contributed by atoms with E-state index in [1.165, 1.54) is 0 Å². The average molecular weight is 165 g/mol. The number of hydrogen-bond acceptors (Lipinski definition) is 5. The molecule has 0 aliphatic heterocycles. The van der Waals surface area contributed by atoms with Crippen LogP contribution in [0.15, 0.2) is 0 Å². The van der Waals surface area contributed by atoms with Crippen molar-refractivity contribution < 1.29 is 22.5 Å². The van der Waals surface area contributed by atoms with Crippen LogP contribution in [0.5, 0.6) is 0 Å². The molecular formula is C4H5O5S-. The third-order valence-corrected chi connectivity index (χ3v) is 0.876. The van der Waals surface area contributed by atoms with Gasteiger partial charge in [-0.15, -0.1) is 0 Å². The summed E-state index contributed by atoms with van der Waals surface area (Å²) in [4.78, 5) is 20.4. The Morgan fingerprint density at radius 1 is 1.60 bits per heavy atom. The summed E-state index contributed by atoms with van der Waals surface area (Å²) in [6.07, 6.45) is -0.506. The topological polar surface area (TPSA) is 83.5 Å². The molecule has 0 aromatic carbocycles. The van der Waals surface area contributed by atoms with Gasteiger partial charge in [0.15, 0.2) is 0 Å². The molecule has 0 N–H and O–H groups in total. The van der Waals surface area contributed by atoms with E-state index in [-0.39, 0.29) is 0 Å². The number of carbonyl (C=O) groups is 2. The van der Waals surface area contributed by atoms with Crippen LogP contribution in [-0.4, -0.2) is 20.5 Å². The molecule has 10 heavy (non-hydrogen) atoms. The lowest BCUT2D eigenvalue weighted by molar-refractivity contribution is -0.137. The zero-order valence-electron chi connectivity index (χ0n) is 5.16. The summed E-state index contributed by atoms with van der Waals surface area (Å²) < 4.78 is 22.9. The van der Waals surface area contributed by atoms with Crippen molar-refractivity contribution in [3.63, 3.8) is 0 Å². The highest BCUT2D eigenvalue weighted by molar-refractivity contribution is 7.74. The van der Waals surface area contributed by atoms with Crippen molar-refractivity contribution >= 4 is 23.1 Å². The molecule has 0 saturated carbocycles. The largest absolute Gasteiger partial charge is 0.740 e. The Hall–Kier alpha value is -0.750. The first-order valence-corrected chi connectivity index (χ1v) is 3.32. The van der Waals surface area contributed by atoms with Crippen LogP contribution in [0, 0.1) is 0 Å². The second-order valence-electron chi connectivity index (χ2n) is 1.54. The highest BCUT2D eigenvalue weighted by Gasteiger charge is 2.05. The standard InChI is InChI=1S/C4H6O5S/c1-3(5)2-4(6)9-10(7)8/h2H2,1H3,(H,7,8)/p-1. The SMILES string of the molecule is CC(=O)CC(=O)OS(=O)[O-]. The second kappa shape index (κ2) is 4.13. The number of rotatable bonds is 3. The van der Waals surface area contributed by atoms with Crippen LogP contribution in [0.2, 0.25) is 0 Å². The minimum absolute atomic E-state index is 0.435. The molecule has 1 atom stereocenters. The first-order valence-electron chi connectivity index (χ1n) is 2.32. The summed E-state index contributed by atoms with van der Waals surface area (Å²) in [7, 11) is 0. The van der Waals surface area contributed by atoms with Crippen molar-refractivity contribution in [3.8, 4) is 0 Å². The van der Waals surface area contributed by atoms with Gasteiger partial charge in [-0.05, 0) is 6.92 Å². The van der Waals surface area contributed by atoms with Crippen LogP contribution in [-0.2, 0) is 25.1 Å². The van der Waals surface area contributed by atoms with Gasteiger partial charge in [0, 0.05) is 0 Å². The molecule has 0 bridgehead atoms. The van der Waals surface area contributed by atoms with E-state index in [1.807, 2.05) is 0 Å². The molecule has 0 aliphatic rings. The summed E-state index contributed by atoms with van der Waals surface area (Å²) in [5.41, 5.74) is 0. The van der Waals surface area contributed by atoms with Gasteiger partial charge >= 0.3 is 5.97 Å². The van der Waals surface area contributed by atoms with E-state index in [4.69, 9.17) is 0 Å². The fourth-order valence-corrected chi connectivity index (χ4v) is 0.519. The first kappa shape index (κ1) is 9.25. The van der Waals surface area contributed by atoms with Crippen molar-refractivity contribution in [1.29, 1.82) is 0 Å². The fourth-order valence-electron chi connectivity index (χ4n) is 0.309. The summed E-state index contributed by atoms with van der Waals surface area (Å²) in [5.74, 6) is -1.49. The molecule has 6 heteroatoms. The molecule has 58 valence electrons. The molecule has 0 spiro atoms. The maximum atomic E-state index is 10.2. The molecular weight excluding hydrogens is 160 g/mol. The Morgan fingerprint density at radius 3 is 2.40 bits per heavy atom. The molecule has 0 aromatic heterocycles. The average Bonchev–Trinajstić information content (AvgIpc) is 1.58. The van der Waals surface area contributed by atoms with Gasteiger partial charge in [-0.2, -0.15) is 0 Å². The molecule has 0 radical (unpaired) electrons. The zero-order chi connectivity index (χ0) is 8.15. The van der Waals surface area contributed by atoms with Gasteiger partial charge in [-0.1, -0.05) is 0 Å². The van der Waals surface area contributed by atoms with Gasteiger partial charge < -0.3 is 8.74 Å². The maximum absolute atomic E-state index is 10.2. The predicted molar refractivity (Wildman–Crippen MR) is 30.3 cm³/mol. The lowest BCUT2D eigenvalue weighted by Crippen LogP contribution is -2.10. The minimum Gasteiger partial charge on any atom is -0.740 e. The molecule has 0 aliphatic carbocycles. The van der Waals surface area contributed by atoms with Gasteiger partial charge in [-0.3, -0.25) is 9.59 Å². The van der Waals surface area contributed by atoms with Crippen LogP contribution in [0.3, 0.4) is 0 Å². The number of Topliss-reactive ketones (excluding diaryl/α,β-unsaturated/α-hetero) is 1. The third-order valence-electron chi connectivity index (χ3n) is 0.554. The van der Waals surface area contributed by atoms with E-state index in [9.17, 15) is 18.4 Å². The monoisotopic (exact) mass is 165 g/mol. The fraction of sp³-hybridized carbons (Fsp3) is 0.500. The van der Waals surface area contributed by atoms with E-state index in [0.29, 0.717) is 0 Å². The van der Waals surface area contributed by atoms with Gasteiger partial charge in [-0.25, -0.2) is 4.21 Å². The van der Waals surface area contributed by atoms with Crippen LogP contribution >= 0.6 is 0 Å². The van der Waals surface area contributed by atoms with Crippen LogP contribution < -0.4 is 0 Å². The Kier molecular flexibility index (Phi) is 3.82. The van der Waals surface area contributed by atoms with Crippen LogP contribution in [0.25, 0.3) is 0 Å². The highest BCUT2D eigenvalue weighted by atomic mass is 32.2. The molecule has 0 heterocycles. The number of carbonyl (C=O) groups excluding carboxylic acids is 2. The highest BCUT2D eigenvalue weighted by Crippen LogP contribution is 1.88. The first-order chi connectivity index (χ1) is 4.52. The quantitative estimate of drug-likeness (QED) is 0.408. The van der Waals surface area contributed by atoms with Gasteiger partial charge in [0.05, 0.1) is 0 Å². The Labute approximate surface area is 59.9 Å². The summed E-state index contributed by atoms with van der Waals surface area (Å²) in [6, 6.07) is 0. The lowest BCUT2D eigenvalue weighted by atomic mass is 10.3. The third kappa shape index (κ3) is 5.39. The zero-order valence-corrected chi connectivity index (χ0v) is 5.97. The summed E-state index contributed by atoms with van der Waals surface area (Å²) in [6.45, 7) is 1.16. The molecule has 0 rings (SSSR count). The number of hydrogen-bond donors (Lipinski definition) is 0. The lowest BCUT2D eigenvalue weighted by Gasteiger charge is -2.02. The number of ketones is 1. The molecule has 5 nitrogen and oxygen atoms in total. The molecule has 0 fully saturated rings. The van der Waals surface area contributed by atoms with Crippen molar-refractivity contribution in [1.82, 2.24) is 0 Å². The van der Waals surface area contributed by atoms with Crippen molar-refractivity contribution in [2.45, 2.75) is 13.3 Å². The predicted octanol–water partition coefficient (Wildman–Crippen LogP) is -0.697. The van der Waals surface area contributed by atoms with Gasteiger partial charge in [0.2, 0.25) is 0 Å². The van der Waals surface area contributed by atoms with E-state index in [2.05, 4.69) is 4.18 Å². The van der Waals surface area contributed by atoms with Crippen LogP contribution in [0.1, 0.15) is 13.3 Å². The molecule has 0 aromatic rings. The van der Waals surface area contributed by atoms with Crippen molar-refractivity contribution in [3.05, 3.63) is 0 Å². The maximum Gasteiger partial charge on any atom is 0.326 e. The molecule has 0 saturated heterocycles. The van der Waals surface area contributed by atoms with Gasteiger partial charge in [0.1, 0.15) is 23.6 Å². The summed E-state index contributed by atoms with van der Waals surface area (Å²) in [5, 5.41) is 0. The molecule has 1 unspecified atom stereocenters. The smallest absolute Gasteiger partial charge is 0.326 e. The van der Waals surface area contributed by atoms with Crippen molar-refractivity contribution in [2.24, 2.45) is 0 Å². The normalized spacial score (nSPS) is 12.2. The van der Waals surface area contributed by atoms with E-state index in [0.717, 1.165) is 6.92 Å². The Bertz CT molecular complexity index is 156. The Morgan fingerprint density at radius 2 is 2.10 bits per heavy atom. The second-order valence-corrected chi connectivity index (χ2v) is 2.11. The van der Waals surface area contributed by atoms with Gasteiger partial charge in [0.25, 0.3) is 0 Å². The minimum atomic E-state index is -2.86. The van der Waals surface area contributed by atoms with E-state index >= 15 is 0 Å². The Balaban J connectivity index is 3.65. The molecule has 0 amide bonds. The summed E-state index contributed by atoms with van der Waals surface area (Å²) >= 11 is -2.86. The van der Waals surface area contributed by atoms with Crippen LogP contribution in [0.4, 0.5) is 0 Å². The van der Waals surface area contributed by atoms with E-state index in [1.54, 1.807) is 0 Å². The van der Waals surface area contributed by atoms with Crippen molar-refractivity contribution in [2.75, 3.05) is 0 Å². The van der Waals surface area contributed by atoms with E-state index < -0.39 is 29.5 Å².